The van der Waals surface area contributed by atoms with Gasteiger partial charge in [-0.05, 0) is 45.8 Å². The number of rotatable bonds is 8. The maximum atomic E-state index is 5.50. The van der Waals surface area contributed by atoms with Crippen LogP contribution in [0.3, 0.4) is 0 Å². The Bertz CT molecular complexity index is 162. The highest BCUT2D eigenvalue weighted by Gasteiger charge is 2.15. The van der Waals surface area contributed by atoms with E-state index in [1.165, 1.54) is 77.2 Å². The normalized spacial score (nSPS) is 18.5. The molecule has 0 aromatic carbocycles. The number of unbranched alkanes of at least 4 members (excludes halogenated alkanes) is 4. The molecule has 17 heavy (non-hydrogen) atoms. The molecule has 2 N–H and O–H groups in total. The minimum absolute atomic E-state index is 0.863. The van der Waals surface area contributed by atoms with Crippen LogP contribution < -0.4 is 5.73 Å². The average molecular weight is 240 g/mol. The zero-order valence-electron chi connectivity index (χ0n) is 11.8. The second-order valence-electron chi connectivity index (χ2n) is 5.68. The van der Waals surface area contributed by atoms with Gasteiger partial charge in [-0.25, -0.2) is 0 Å². The van der Waals surface area contributed by atoms with Crippen molar-refractivity contribution in [3.05, 3.63) is 0 Å². The number of hydrogen-bond acceptors (Lipinski definition) is 2. The molecule has 2 nitrogen and oxygen atoms in total. The molecule has 0 unspecified atom stereocenters. The van der Waals surface area contributed by atoms with Gasteiger partial charge in [0.15, 0.2) is 0 Å². The van der Waals surface area contributed by atoms with Crippen molar-refractivity contribution >= 4 is 0 Å². The predicted molar refractivity (Wildman–Crippen MR) is 76.3 cm³/mol. The average Bonchev–Trinajstić information content (AvgIpc) is 2.62. The second kappa shape index (κ2) is 9.90. The summed E-state index contributed by atoms with van der Waals surface area (Å²) in [5.41, 5.74) is 5.50. The van der Waals surface area contributed by atoms with Crippen molar-refractivity contribution in [3.8, 4) is 0 Å². The van der Waals surface area contributed by atoms with Crippen LogP contribution in [-0.2, 0) is 0 Å². The van der Waals surface area contributed by atoms with E-state index in [9.17, 15) is 0 Å². The van der Waals surface area contributed by atoms with E-state index in [4.69, 9.17) is 5.73 Å². The van der Waals surface area contributed by atoms with Crippen LogP contribution in [0.4, 0.5) is 0 Å². The summed E-state index contributed by atoms with van der Waals surface area (Å²) in [6.07, 6.45) is 15.4. The number of nitrogens with zero attached hydrogens (tertiary/aromatic N) is 1. The molecule has 1 saturated carbocycles. The third kappa shape index (κ3) is 7.05. The molecule has 0 amide bonds. The van der Waals surface area contributed by atoms with Crippen molar-refractivity contribution in [3.63, 3.8) is 0 Å². The molecular formula is C15H32N2. The zero-order chi connectivity index (χ0) is 12.3. The Morgan fingerprint density at radius 1 is 0.882 bits per heavy atom. The Hall–Kier alpha value is -0.0800. The molecule has 0 aromatic rings. The Morgan fingerprint density at radius 3 is 2.12 bits per heavy atom. The molecule has 2 heteroatoms. The number of hydrogen-bond donors (Lipinski definition) is 1. The van der Waals surface area contributed by atoms with Crippen molar-refractivity contribution in [2.45, 2.75) is 76.7 Å². The summed E-state index contributed by atoms with van der Waals surface area (Å²) in [4.78, 5) is 2.62. The van der Waals surface area contributed by atoms with Crippen LogP contribution in [0.15, 0.2) is 0 Å². The van der Waals surface area contributed by atoms with Crippen molar-refractivity contribution in [2.24, 2.45) is 5.73 Å². The molecule has 0 atom stereocenters. The highest BCUT2D eigenvalue weighted by Crippen LogP contribution is 2.21. The summed E-state index contributed by atoms with van der Waals surface area (Å²) in [6.45, 7) is 2.16. The van der Waals surface area contributed by atoms with Gasteiger partial charge in [0.1, 0.15) is 0 Å². The molecule has 102 valence electrons. The lowest BCUT2D eigenvalue weighted by molar-refractivity contribution is 0.216. The lowest BCUT2D eigenvalue weighted by Gasteiger charge is -2.27. The molecule has 1 aliphatic rings. The molecule has 0 bridgehead atoms. The topological polar surface area (TPSA) is 29.3 Å². The Morgan fingerprint density at radius 2 is 1.47 bits per heavy atom. The van der Waals surface area contributed by atoms with Gasteiger partial charge in [-0.15, -0.1) is 0 Å². The molecule has 0 radical (unpaired) electrons. The van der Waals surface area contributed by atoms with Gasteiger partial charge in [-0.3, -0.25) is 0 Å². The molecule has 1 aliphatic carbocycles. The van der Waals surface area contributed by atoms with Crippen LogP contribution in [0.25, 0.3) is 0 Å². The Kier molecular flexibility index (Phi) is 8.72. The van der Waals surface area contributed by atoms with E-state index in [1.54, 1.807) is 0 Å². The largest absolute Gasteiger partial charge is 0.330 e. The molecule has 1 rings (SSSR count). The SMILES string of the molecule is CN(CCCCCCCN)C1CCCCCC1. The first-order chi connectivity index (χ1) is 8.34. The van der Waals surface area contributed by atoms with Crippen LogP contribution in [0, 0.1) is 0 Å². The standard InChI is InChI=1S/C15H32N2/c1-17(14-10-6-2-5-9-13-16)15-11-7-3-4-8-12-15/h15H,2-14,16H2,1H3. The van der Waals surface area contributed by atoms with E-state index in [2.05, 4.69) is 11.9 Å². The first-order valence-corrected chi connectivity index (χ1v) is 7.75. The van der Waals surface area contributed by atoms with Gasteiger partial charge in [-0.1, -0.05) is 44.9 Å². The van der Waals surface area contributed by atoms with E-state index < -0.39 is 0 Å². The molecule has 0 aliphatic heterocycles. The summed E-state index contributed by atoms with van der Waals surface area (Å²) in [5.74, 6) is 0. The highest BCUT2D eigenvalue weighted by molar-refractivity contribution is 4.72. The lowest BCUT2D eigenvalue weighted by Crippen LogP contribution is -2.32. The first-order valence-electron chi connectivity index (χ1n) is 7.75. The Labute approximate surface area is 108 Å². The fourth-order valence-electron chi connectivity index (χ4n) is 2.92. The molecule has 0 spiro atoms. The van der Waals surface area contributed by atoms with Gasteiger partial charge < -0.3 is 10.6 Å². The van der Waals surface area contributed by atoms with Crippen LogP contribution in [-0.4, -0.2) is 31.1 Å². The quantitative estimate of drug-likeness (QED) is 0.519. The van der Waals surface area contributed by atoms with E-state index in [-0.39, 0.29) is 0 Å². The smallest absolute Gasteiger partial charge is 0.00922 e. The molecule has 0 saturated heterocycles. The fourth-order valence-corrected chi connectivity index (χ4v) is 2.92. The highest BCUT2D eigenvalue weighted by atomic mass is 15.1. The minimum Gasteiger partial charge on any atom is -0.330 e. The van der Waals surface area contributed by atoms with Crippen LogP contribution in [0.2, 0.25) is 0 Å². The zero-order valence-corrected chi connectivity index (χ0v) is 11.8. The summed E-state index contributed by atoms with van der Waals surface area (Å²) in [6, 6.07) is 0.876. The maximum absolute atomic E-state index is 5.50. The van der Waals surface area contributed by atoms with Crippen LogP contribution in [0.5, 0.6) is 0 Å². The van der Waals surface area contributed by atoms with Gasteiger partial charge in [0, 0.05) is 6.04 Å². The van der Waals surface area contributed by atoms with Crippen molar-refractivity contribution < 1.29 is 0 Å². The third-order valence-electron chi connectivity index (χ3n) is 4.16. The Balaban J connectivity index is 2.01. The molecule has 1 fully saturated rings. The molecular weight excluding hydrogens is 208 g/mol. The molecule has 0 heterocycles. The third-order valence-corrected chi connectivity index (χ3v) is 4.16. The van der Waals surface area contributed by atoms with E-state index in [0.717, 1.165) is 12.6 Å². The monoisotopic (exact) mass is 240 g/mol. The van der Waals surface area contributed by atoms with Gasteiger partial charge in [0.2, 0.25) is 0 Å². The fraction of sp³-hybridized carbons (Fsp3) is 1.00. The lowest BCUT2D eigenvalue weighted by atomic mass is 10.1. The van der Waals surface area contributed by atoms with Gasteiger partial charge in [0.05, 0.1) is 0 Å². The minimum atomic E-state index is 0.863. The second-order valence-corrected chi connectivity index (χ2v) is 5.68. The number of nitrogens with two attached hydrogens (primary N) is 1. The first kappa shape index (κ1) is 15.0. The van der Waals surface area contributed by atoms with Gasteiger partial charge in [0.25, 0.3) is 0 Å². The summed E-state index contributed by atoms with van der Waals surface area (Å²) >= 11 is 0. The maximum Gasteiger partial charge on any atom is 0.00922 e. The van der Waals surface area contributed by atoms with Crippen molar-refractivity contribution in [2.75, 3.05) is 20.1 Å². The van der Waals surface area contributed by atoms with Crippen LogP contribution >= 0.6 is 0 Å². The summed E-state index contributed by atoms with van der Waals surface area (Å²) in [5, 5.41) is 0. The van der Waals surface area contributed by atoms with E-state index in [0.29, 0.717) is 0 Å². The van der Waals surface area contributed by atoms with E-state index in [1.807, 2.05) is 0 Å². The summed E-state index contributed by atoms with van der Waals surface area (Å²) in [7, 11) is 2.33. The van der Waals surface area contributed by atoms with Crippen LogP contribution in [0.1, 0.15) is 70.6 Å². The van der Waals surface area contributed by atoms with E-state index >= 15 is 0 Å². The molecule has 0 aromatic heterocycles. The van der Waals surface area contributed by atoms with Gasteiger partial charge in [-0.2, -0.15) is 0 Å². The van der Waals surface area contributed by atoms with Crippen molar-refractivity contribution in [1.29, 1.82) is 0 Å². The van der Waals surface area contributed by atoms with Gasteiger partial charge >= 0.3 is 0 Å². The predicted octanol–water partition coefficient (Wildman–Crippen LogP) is 3.55. The summed E-state index contributed by atoms with van der Waals surface area (Å²) < 4.78 is 0. The van der Waals surface area contributed by atoms with Crippen molar-refractivity contribution in [1.82, 2.24) is 4.90 Å².